The Balaban J connectivity index is 2.39. The van der Waals surface area contributed by atoms with Crippen molar-refractivity contribution in [2.75, 3.05) is 0 Å². The Morgan fingerprint density at radius 1 is 0.864 bits per heavy atom. The molecule has 0 aromatic heterocycles. The van der Waals surface area contributed by atoms with Crippen molar-refractivity contribution in [2.24, 2.45) is 5.92 Å². The van der Waals surface area contributed by atoms with Crippen molar-refractivity contribution in [2.45, 2.75) is 30.9 Å². The van der Waals surface area contributed by atoms with Crippen LogP contribution in [0.15, 0.2) is 59.5 Å². The molecule has 0 aliphatic carbocycles. The molecule has 1 atom stereocenters. The molecule has 0 radical (unpaired) electrons. The predicted octanol–water partition coefficient (Wildman–Crippen LogP) is 4.62. The molecule has 22 heavy (non-hydrogen) atoms. The summed E-state index contributed by atoms with van der Waals surface area (Å²) >= 11 is 1.57. The third kappa shape index (κ3) is 4.08. The molecule has 0 aliphatic heterocycles. The number of thioether (sulfide) groups is 1. The van der Waals surface area contributed by atoms with E-state index in [2.05, 4.69) is 0 Å². The smallest absolute Gasteiger partial charge is 0.141 e. The van der Waals surface area contributed by atoms with Crippen LogP contribution in [0.4, 0.5) is 0 Å². The summed E-state index contributed by atoms with van der Waals surface area (Å²) in [7, 11) is 0. The zero-order valence-corrected chi connectivity index (χ0v) is 13.9. The van der Waals surface area contributed by atoms with Crippen molar-refractivity contribution < 1.29 is 9.59 Å². The lowest BCUT2D eigenvalue weighted by molar-refractivity contribution is -0.130. The third-order valence-corrected chi connectivity index (χ3v) is 4.93. The number of carbonyl (C=O) groups is 2. The summed E-state index contributed by atoms with van der Waals surface area (Å²) < 4.78 is 0. The lowest BCUT2D eigenvalue weighted by Gasteiger charge is -2.23. The van der Waals surface area contributed by atoms with E-state index in [4.69, 9.17) is 0 Å². The van der Waals surface area contributed by atoms with Gasteiger partial charge in [-0.1, -0.05) is 48.0 Å². The maximum atomic E-state index is 12.0. The van der Waals surface area contributed by atoms with Crippen molar-refractivity contribution in [3.05, 3.63) is 65.7 Å². The number of hydrogen-bond acceptors (Lipinski definition) is 3. The lowest BCUT2D eigenvalue weighted by Crippen LogP contribution is -2.25. The first-order valence-corrected chi connectivity index (χ1v) is 8.16. The second-order valence-corrected chi connectivity index (χ2v) is 6.68. The molecule has 2 nitrogen and oxygen atoms in total. The van der Waals surface area contributed by atoms with Crippen molar-refractivity contribution in [3.63, 3.8) is 0 Å². The summed E-state index contributed by atoms with van der Waals surface area (Å²) in [6.07, 6.45) is 0. The van der Waals surface area contributed by atoms with E-state index in [0.29, 0.717) is 0 Å². The number of aryl methyl sites for hydroxylation is 1. The van der Waals surface area contributed by atoms with Crippen LogP contribution in [0, 0.1) is 12.8 Å². The van der Waals surface area contributed by atoms with Crippen LogP contribution in [0.25, 0.3) is 0 Å². The zero-order chi connectivity index (χ0) is 16.1. The summed E-state index contributed by atoms with van der Waals surface area (Å²) in [5.41, 5.74) is 2.19. The zero-order valence-electron chi connectivity index (χ0n) is 13.1. The monoisotopic (exact) mass is 312 g/mol. The first-order chi connectivity index (χ1) is 10.5. The molecular weight excluding hydrogens is 292 g/mol. The molecule has 3 heteroatoms. The molecule has 0 spiro atoms. The van der Waals surface area contributed by atoms with Crippen molar-refractivity contribution >= 4 is 23.3 Å². The number of ketones is 2. The Morgan fingerprint density at radius 2 is 1.41 bits per heavy atom. The van der Waals surface area contributed by atoms with Crippen LogP contribution in [0.2, 0.25) is 0 Å². The van der Waals surface area contributed by atoms with Crippen molar-refractivity contribution in [3.8, 4) is 0 Å². The van der Waals surface area contributed by atoms with Gasteiger partial charge in [0.25, 0.3) is 0 Å². The molecule has 2 aromatic rings. The molecule has 0 saturated heterocycles. The highest BCUT2D eigenvalue weighted by molar-refractivity contribution is 7.99. The minimum Gasteiger partial charge on any atom is -0.299 e. The van der Waals surface area contributed by atoms with Crippen LogP contribution in [-0.4, -0.2) is 11.6 Å². The van der Waals surface area contributed by atoms with Gasteiger partial charge in [-0.05, 0) is 38.5 Å². The minimum atomic E-state index is -0.617. The van der Waals surface area contributed by atoms with E-state index < -0.39 is 5.92 Å². The van der Waals surface area contributed by atoms with E-state index in [1.165, 1.54) is 19.4 Å². The maximum Gasteiger partial charge on any atom is 0.141 e. The molecule has 114 valence electrons. The van der Waals surface area contributed by atoms with Gasteiger partial charge < -0.3 is 0 Å². The van der Waals surface area contributed by atoms with Gasteiger partial charge in [0.15, 0.2) is 0 Å². The van der Waals surface area contributed by atoms with Gasteiger partial charge in [-0.2, -0.15) is 0 Å². The van der Waals surface area contributed by atoms with Gasteiger partial charge in [-0.25, -0.2) is 0 Å². The lowest BCUT2D eigenvalue weighted by atomic mass is 9.92. The molecule has 0 heterocycles. The Hall–Kier alpha value is -1.87. The SMILES string of the molecule is CC(=O)C(C(C)=O)[C@@H](Sc1ccc(C)cc1)c1ccccc1. The maximum absolute atomic E-state index is 12.0. The van der Waals surface area contributed by atoms with Crippen LogP contribution in [-0.2, 0) is 9.59 Å². The highest BCUT2D eigenvalue weighted by atomic mass is 32.2. The van der Waals surface area contributed by atoms with Gasteiger partial charge in [-0.3, -0.25) is 9.59 Å². The Bertz CT molecular complexity index is 633. The average Bonchev–Trinajstić information content (AvgIpc) is 2.49. The molecule has 0 amide bonds. The molecule has 0 fully saturated rings. The first-order valence-electron chi connectivity index (χ1n) is 7.28. The van der Waals surface area contributed by atoms with Crippen LogP contribution < -0.4 is 0 Å². The normalized spacial score (nSPS) is 12.2. The number of Topliss-reactive ketones (excluding diaryl/α,β-unsaturated/α-hetero) is 2. The third-order valence-electron chi connectivity index (χ3n) is 3.59. The number of hydrogen-bond donors (Lipinski definition) is 0. The average molecular weight is 312 g/mol. The molecule has 2 rings (SSSR count). The molecule has 0 N–H and O–H groups in total. The van der Waals surface area contributed by atoms with E-state index in [9.17, 15) is 9.59 Å². The van der Waals surface area contributed by atoms with Crippen LogP contribution in [0.1, 0.15) is 30.2 Å². The Morgan fingerprint density at radius 3 is 1.91 bits per heavy atom. The van der Waals surface area contributed by atoms with Gasteiger partial charge in [0.1, 0.15) is 11.6 Å². The van der Waals surface area contributed by atoms with Gasteiger partial charge in [0, 0.05) is 4.90 Å². The molecule has 0 bridgehead atoms. The summed E-state index contributed by atoms with van der Waals surface area (Å²) in [5, 5.41) is -0.195. The molecule has 2 aromatic carbocycles. The van der Waals surface area contributed by atoms with Gasteiger partial charge in [0.05, 0.1) is 11.2 Å². The number of carbonyl (C=O) groups excluding carboxylic acids is 2. The van der Waals surface area contributed by atoms with Gasteiger partial charge >= 0.3 is 0 Å². The fraction of sp³-hybridized carbons (Fsp3) is 0.263. The molecular formula is C19H20O2S. The minimum absolute atomic E-state index is 0.0824. The number of rotatable bonds is 6. The summed E-state index contributed by atoms with van der Waals surface area (Å²) in [6, 6.07) is 17.9. The second kappa shape index (κ2) is 7.41. The predicted molar refractivity (Wildman–Crippen MR) is 91.1 cm³/mol. The fourth-order valence-corrected chi connectivity index (χ4v) is 3.85. The van der Waals surface area contributed by atoms with Crippen LogP contribution in [0.5, 0.6) is 0 Å². The fourth-order valence-electron chi connectivity index (χ4n) is 2.45. The van der Waals surface area contributed by atoms with E-state index in [-0.39, 0.29) is 16.8 Å². The highest BCUT2D eigenvalue weighted by Gasteiger charge is 2.31. The highest BCUT2D eigenvalue weighted by Crippen LogP contribution is 2.41. The van der Waals surface area contributed by atoms with Crippen molar-refractivity contribution in [1.82, 2.24) is 0 Å². The standard InChI is InChI=1S/C19H20O2S/c1-13-9-11-17(12-10-13)22-19(16-7-5-4-6-8-16)18(14(2)20)15(3)21/h4-12,18-19H,1-3H3/t19-/m0/s1. The Kier molecular flexibility index (Phi) is 5.56. The van der Waals surface area contributed by atoms with E-state index in [1.807, 2.05) is 61.5 Å². The summed E-state index contributed by atoms with van der Waals surface area (Å²) in [5.74, 6) is -0.782. The number of benzene rings is 2. The first kappa shape index (κ1) is 16.5. The second-order valence-electron chi connectivity index (χ2n) is 5.46. The summed E-state index contributed by atoms with van der Waals surface area (Å²) in [6.45, 7) is 5.03. The van der Waals surface area contributed by atoms with Gasteiger partial charge in [-0.15, -0.1) is 11.8 Å². The van der Waals surface area contributed by atoms with Crippen molar-refractivity contribution in [1.29, 1.82) is 0 Å². The Labute approximate surface area is 135 Å². The summed E-state index contributed by atoms with van der Waals surface area (Å²) in [4.78, 5) is 25.1. The molecule has 0 saturated carbocycles. The molecule has 0 aliphatic rings. The van der Waals surface area contributed by atoms with E-state index in [1.54, 1.807) is 11.8 Å². The van der Waals surface area contributed by atoms with Crippen LogP contribution >= 0.6 is 11.8 Å². The van der Waals surface area contributed by atoms with E-state index in [0.717, 1.165) is 10.5 Å². The largest absolute Gasteiger partial charge is 0.299 e. The quantitative estimate of drug-likeness (QED) is 0.576. The van der Waals surface area contributed by atoms with E-state index >= 15 is 0 Å². The topological polar surface area (TPSA) is 34.1 Å². The van der Waals surface area contributed by atoms with Gasteiger partial charge in [0.2, 0.25) is 0 Å². The van der Waals surface area contributed by atoms with Crippen LogP contribution in [0.3, 0.4) is 0 Å². The molecule has 0 unspecified atom stereocenters.